The summed E-state index contributed by atoms with van der Waals surface area (Å²) < 4.78 is 60.1. The molecule has 0 spiro atoms. The van der Waals surface area contributed by atoms with Gasteiger partial charge in [-0.2, -0.15) is 13.2 Å². The second-order valence-electron chi connectivity index (χ2n) is 8.16. The summed E-state index contributed by atoms with van der Waals surface area (Å²) in [6.07, 6.45) is -3.43. The summed E-state index contributed by atoms with van der Waals surface area (Å²) in [4.78, 5) is 21.5. The van der Waals surface area contributed by atoms with Crippen molar-refractivity contribution in [1.82, 2.24) is 5.32 Å². The number of benzene rings is 2. The van der Waals surface area contributed by atoms with Gasteiger partial charge in [0.15, 0.2) is 0 Å². The van der Waals surface area contributed by atoms with Gasteiger partial charge in [-0.1, -0.05) is 29.8 Å². The predicted octanol–water partition coefficient (Wildman–Crippen LogP) is 4.21. The Bertz CT molecular complexity index is 1150. The standard InChI is InChI=1S/C21H26N2O3S.C2HF3O2/c1-5-22-20(24)21(10-11-21)17-6-8-18(9-7-17)23-27(25,26)19-15(3)12-14(2)13-16(19)4;3-2(4,5)1(6)7/h6-9,12-13,23H,5,10-11H2,1-4H3,(H,22,24);(H,6,7). The molecule has 0 aromatic heterocycles. The minimum Gasteiger partial charge on any atom is -0.475 e. The smallest absolute Gasteiger partial charge is 0.475 e. The molecule has 2 aromatic rings. The zero-order valence-corrected chi connectivity index (χ0v) is 20.0. The average molecular weight is 501 g/mol. The van der Waals surface area contributed by atoms with Gasteiger partial charge < -0.3 is 10.4 Å². The van der Waals surface area contributed by atoms with Gasteiger partial charge in [0, 0.05) is 12.2 Å². The molecule has 7 nitrogen and oxygen atoms in total. The number of hydrogen-bond donors (Lipinski definition) is 3. The SMILES string of the molecule is CCNC(=O)C1(c2ccc(NS(=O)(=O)c3c(C)cc(C)cc3C)cc2)CC1.O=C(O)C(F)(F)F. The van der Waals surface area contributed by atoms with Crippen LogP contribution in [0.4, 0.5) is 18.9 Å². The quantitative estimate of drug-likeness (QED) is 0.550. The summed E-state index contributed by atoms with van der Waals surface area (Å²) >= 11 is 0. The molecule has 3 rings (SSSR count). The van der Waals surface area contributed by atoms with Gasteiger partial charge in [0.2, 0.25) is 5.91 Å². The molecule has 2 aromatic carbocycles. The predicted molar refractivity (Wildman–Crippen MR) is 121 cm³/mol. The van der Waals surface area contributed by atoms with E-state index in [0.29, 0.717) is 17.1 Å². The van der Waals surface area contributed by atoms with Crippen molar-refractivity contribution in [3.05, 3.63) is 58.7 Å². The molecule has 3 N–H and O–H groups in total. The Morgan fingerprint density at radius 1 is 1.03 bits per heavy atom. The molecular weight excluding hydrogens is 473 g/mol. The van der Waals surface area contributed by atoms with Crippen LogP contribution in [0.3, 0.4) is 0 Å². The van der Waals surface area contributed by atoms with Gasteiger partial charge in [-0.05, 0) is 69.4 Å². The van der Waals surface area contributed by atoms with Crippen molar-refractivity contribution in [2.45, 2.75) is 57.0 Å². The van der Waals surface area contributed by atoms with Crippen molar-refractivity contribution < 1.29 is 36.3 Å². The molecule has 11 heteroatoms. The van der Waals surface area contributed by atoms with Crippen LogP contribution in [0.5, 0.6) is 0 Å². The van der Waals surface area contributed by atoms with Crippen LogP contribution in [0.15, 0.2) is 41.3 Å². The number of nitrogens with one attached hydrogen (secondary N) is 2. The Balaban J connectivity index is 0.000000509. The lowest BCUT2D eigenvalue weighted by Crippen LogP contribution is -2.34. The number of anilines is 1. The van der Waals surface area contributed by atoms with Gasteiger partial charge in [0.1, 0.15) is 0 Å². The summed E-state index contributed by atoms with van der Waals surface area (Å²) in [6, 6.07) is 10.9. The van der Waals surface area contributed by atoms with Gasteiger partial charge in [-0.25, -0.2) is 13.2 Å². The fourth-order valence-corrected chi connectivity index (χ4v) is 5.27. The van der Waals surface area contributed by atoms with E-state index in [4.69, 9.17) is 9.90 Å². The van der Waals surface area contributed by atoms with E-state index in [2.05, 4.69) is 10.0 Å². The maximum atomic E-state index is 12.9. The van der Waals surface area contributed by atoms with Crippen molar-refractivity contribution in [2.24, 2.45) is 0 Å². The molecule has 1 saturated carbocycles. The Hall–Kier alpha value is -3.08. The van der Waals surface area contributed by atoms with Crippen LogP contribution in [0.2, 0.25) is 0 Å². The number of carbonyl (C=O) groups excluding carboxylic acids is 1. The van der Waals surface area contributed by atoms with Crippen molar-refractivity contribution in [2.75, 3.05) is 11.3 Å². The molecule has 34 heavy (non-hydrogen) atoms. The maximum Gasteiger partial charge on any atom is 0.490 e. The topological polar surface area (TPSA) is 113 Å². The van der Waals surface area contributed by atoms with Gasteiger partial charge in [0.05, 0.1) is 10.3 Å². The Kier molecular flexibility index (Phi) is 8.02. The first-order valence-corrected chi connectivity index (χ1v) is 11.9. The summed E-state index contributed by atoms with van der Waals surface area (Å²) in [5.74, 6) is -2.71. The molecule has 1 aliphatic rings. The molecule has 0 unspecified atom stereocenters. The monoisotopic (exact) mass is 500 g/mol. The van der Waals surface area contributed by atoms with E-state index in [1.54, 1.807) is 26.0 Å². The number of alkyl halides is 3. The van der Waals surface area contributed by atoms with E-state index in [1.807, 2.05) is 38.1 Å². The summed E-state index contributed by atoms with van der Waals surface area (Å²) in [5.41, 5.74) is 3.46. The lowest BCUT2D eigenvalue weighted by atomic mass is 9.95. The van der Waals surface area contributed by atoms with Gasteiger partial charge in [-0.15, -0.1) is 0 Å². The van der Waals surface area contributed by atoms with Gasteiger partial charge in [0.25, 0.3) is 10.0 Å². The summed E-state index contributed by atoms with van der Waals surface area (Å²) in [5, 5.41) is 10.0. The van der Waals surface area contributed by atoms with E-state index < -0.39 is 27.6 Å². The molecule has 0 aliphatic heterocycles. The van der Waals surface area contributed by atoms with Crippen LogP contribution >= 0.6 is 0 Å². The normalized spacial score (nSPS) is 14.4. The van der Waals surface area contributed by atoms with Crippen LogP contribution in [0, 0.1) is 20.8 Å². The first kappa shape index (κ1) is 27.2. The van der Waals surface area contributed by atoms with Crippen LogP contribution in [-0.4, -0.2) is 38.1 Å². The highest BCUT2D eigenvalue weighted by atomic mass is 32.2. The minimum atomic E-state index is -5.08. The molecule has 186 valence electrons. The molecule has 1 aliphatic carbocycles. The third-order valence-corrected chi connectivity index (χ3v) is 7.01. The molecule has 1 fully saturated rings. The van der Waals surface area contributed by atoms with Gasteiger partial charge >= 0.3 is 12.1 Å². The third kappa shape index (κ3) is 6.28. The number of aliphatic carboxylic acids is 1. The van der Waals surface area contributed by atoms with Crippen molar-refractivity contribution in [1.29, 1.82) is 0 Å². The van der Waals surface area contributed by atoms with E-state index >= 15 is 0 Å². The minimum absolute atomic E-state index is 0.0456. The highest BCUT2D eigenvalue weighted by Gasteiger charge is 2.50. The van der Waals surface area contributed by atoms with Crippen molar-refractivity contribution >= 4 is 27.6 Å². The number of likely N-dealkylation sites (N-methyl/N-ethyl adjacent to an activating group) is 1. The molecule has 1 amide bonds. The summed E-state index contributed by atoms with van der Waals surface area (Å²) in [7, 11) is -3.68. The van der Waals surface area contributed by atoms with Gasteiger partial charge in [-0.3, -0.25) is 9.52 Å². The number of carbonyl (C=O) groups is 2. The number of rotatable bonds is 6. The van der Waals surface area contributed by atoms with E-state index in [0.717, 1.165) is 35.1 Å². The lowest BCUT2D eigenvalue weighted by molar-refractivity contribution is -0.192. The van der Waals surface area contributed by atoms with E-state index in [-0.39, 0.29) is 5.91 Å². The van der Waals surface area contributed by atoms with Crippen LogP contribution in [0.1, 0.15) is 42.0 Å². The van der Waals surface area contributed by atoms with Crippen LogP contribution < -0.4 is 10.0 Å². The number of sulfonamides is 1. The highest BCUT2D eigenvalue weighted by Crippen LogP contribution is 2.48. The molecule has 0 saturated heterocycles. The molecule has 0 radical (unpaired) electrons. The second kappa shape index (κ2) is 10.0. The lowest BCUT2D eigenvalue weighted by Gasteiger charge is -2.17. The largest absolute Gasteiger partial charge is 0.490 e. The maximum absolute atomic E-state index is 12.9. The average Bonchev–Trinajstić information content (AvgIpc) is 3.49. The second-order valence-corrected chi connectivity index (χ2v) is 9.77. The fourth-order valence-electron chi connectivity index (χ4n) is 3.76. The Morgan fingerprint density at radius 3 is 1.88 bits per heavy atom. The fraction of sp³-hybridized carbons (Fsp3) is 0.391. The first-order chi connectivity index (χ1) is 15.6. The Labute approximate surface area is 196 Å². The zero-order valence-electron chi connectivity index (χ0n) is 19.2. The first-order valence-electron chi connectivity index (χ1n) is 10.4. The van der Waals surface area contributed by atoms with Crippen LogP contribution in [-0.2, 0) is 25.0 Å². The highest BCUT2D eigenvalue weighted by molar-refractivity contribution is 7.92. The number of carboxylic acids is 1. The van der Waals surface area contributed by atoms with Crippen LogP contribution in [0.25, 0.3) is 0 Å². The number of aryl methyl sites for hydroxylation is 3. The molecule has 0 atom stereocenters. The van der Waals surface area contributed by atoms with Crippen molar-refractivity contribution in [3.8, 4) is 0 Å². The number of carboxylic acid groups (broad SMARTS) is 1. The van der Waals surface area contributed by atoms with E-state index in [9.17, 15) is 26.4 Å². The summed E-state index contributed by atoms with van der Waals surface area (Å²) in [6.45, 7) is 8.07. The number of hydrogen-bond acceptors (Lipinski definition) is 4. The Morgan fingerprint density at radius 2 is 1.50 bits per heavy atom. The van der Waals surface area contributed by atoms with Crippen molar-refractivity contribution in [3.63, 3.8) is 0 Å². The zero-order chi connectivity index (χ0) is 25.9. The molecular formula is C23H27F3N2O5S. The third-order valence-electron chi connectivity index (χ3n) is 5.33. The number of amides is 1. The van der Waals surface area contributed by atoms with E-state index in [1.165, 1.54) is 0 Å². The molecule has 0 bridgehead atoms. The molecule has 0 heterocycles. The number of halogens is 3.